The highest BCUT2D eigenvalue weighted by Crippen LogP contribution is 2.29. The minimum atomic E-state index is -0.918. The SMILES string of the molecule is CC(C)(NC(=O)c1ccccc1)c1ccc(-c2nc(N)c3ccccc3n2)cc1F. The van der Waals surface area contributed by atoms with Gasteiger partial charge in [0.1, 0.15) is 11.6 Å². The number of rotatable bonds is 4. The molecule has 0 unspecified atom stereocenters. The molecule has 0 aliphatic carbocycles. The van der Waals surface area contributed by atoms with Gasteiger partial charge in [-0.2, -0.15) is 0 Å². The van der Waals surface area contributed by atoms with Gasteiger partial charge in [0.05, 0.1) is 11.1 Å². The van der Waals surface area contributed by atoms with E-state index in [4.69, 9.17) is 5.73 Å². The molecule has 150 valence electrons. The number of halogens is 1. The molecule has 3 N–H and O–H groups in total. The third kappa shape index (κ3) is 3.72. The molecule has 0 atom stereocenters. The number of nitrogen functional groups attached to an aromatic ring is 1. The first kappa shape index (κ1) is 19.5. The summed E-state index contributed by atoms with van der Waals surface area (Å²) < 4.78 is 15.1. The Hall–Kier alpha value is -3.80. The Labute approximate surface area is 173 Å². The monoisotopic (exact) mass is 400 g/mol. The van der Waals surface area contributed by atoms with E-state index in [0.717, 1.165) is 5.39 Å². The molecule has 0 radical (unpaired) electrons. The van der Waals surface area contributed by atoms with Crippen LogP contribution < -0.4 is 11.1 Å². The number of carbonyl (C=O) groups excluding carboxylic acids is 1. The van der Waals surface area contributed by atoms with Crippen molar-refractivity contribution in [1.82, 2.24) is 15.3 Å². The zero-order chi connectivity index (χ0) is 21.3. The molecular weight excluding hydrogens is 379 g/mol. The number of fused-ring (bicyclic) bond motifs is 1. The second-order valence-electron chi connectivity index (χ2n) is 7.59. The molecule has 30 heavy (non-hydrogen) atoms. The predicted octanol–water partition coefficient (Wildman–Crippen LogP) is 4.68. The van der Waals surface area contributed by atoms with Crippen molar-refractivity contribution in [3.8, 4) is 11.4 Å². The highest BCUT2D eigenvalue weighted by Gasteiger charge is 2.27. The lowest BCUT2D eigenvalue weighted by Gasteiger charge is -2.27. The molecule has 0 saturated carbocycles. The Morgan fingerprint density at radius 1 is 0.967 bits per heavy atom. The summed E-state index contributed by atoms with van der Waals surface area (Å²) in [5.74, 6) is -0.0331. The van der Waals surface area contributed by atoms with Crippen LogP contribution in [0, 0.1) is 5.82 Å². The quantitative estimate of drug-likeness (QED) is 0.521. The Kier molecular flexibility index (Phi) is 4.91. The zero-order valence-electron chi connectivity index (χ0n) is 16.7. The molecule has 0 bridgehead atoms. The summed E-state index contributed by atoms with van der Waals surface area (Å²) in [4.78, 5) is 21.4. The maximum atomic E-state index is 15.1. The number of hydrogen-bond acceptors (Lipinski definition) is 4. The van der Waals surface area contributed by atoms with E-state index in [-0.39, 0.29) is 5.91 Å². The van der Waals surface area contributed by atoms with Crippen LogP contribution in [0.3, 0.4) is 0 Å². The van der Waals surface area contributed by atoms with Gasteiger partial charge in [-0.3, -0.25) is 4.79 Å². The smallest absolute Gasteiger partial charge is 0.251 e. The molecule has 5 nitrogen and oxygen atoms in total. The Balaban J connectivity index is 1.65. The van der Waals surface area contributed by atoms with Crippen molar-refractivity contribution in [3.05, 3.63) is 89.7 Å². The average molecular weight is 400 g/mol. The molecule has 4 rings (SSSR count). The third-order valence-corrected chi connectivity index (χ3v) is 5.00. The number of nitrogens with two attached hydrogens (primary N) is 1. The van der Waals surface area contributed by atoms with E-state index < -0.39 is 11.4 Å². The minimum Gasteiger partial charge on any atom is -0.383 e. The molecule has 3 aromatic carbocycles. The largest absolute Gasteiger partial charge is 0.383 e. The molecular formula is C24H21FN4O. The van der Waals surface area contributed by atoms with E-state index in [9.17, 15) is 4.79 Å². The highest BCUT2D eigenvalue weighted by molar-refractivity contribution is 5.94. The molecule has 1 aromatic heterocycles. The fourth-order valence-electron chi connectivity index (χ4n) is 3.40. The topological polar surface area (TPSA) is 80.9 Å². The molecule has 0 spiro atoms. The van der Waals surface area contributed by atoms with Crippen molar-refractivity contribution in [1.29, 1.82) is 0 Å². The van der Waals surface area contributed by atoms with Gasteiger partial charge in [0.25, 0.3) is 5.91 Å². The molecule has 0 aliphatic heterocycles. The van der Waals surface area contributed by atoms with Crippen LogP contribution in [0.4, 0.5) is 10.2 Å². The summed E-state index contributed by atoms with van der Waals surface area (Å²) in [5, 5.41) is 3.64. The second-order valence-corrected chi connectivity index (χ2v) is 7.59. The average Bonchev–Trinajstić information content (AvgIpc) is 2.73. The van der Waals surface area contributed by atoms with Crippen molar-refractivity contribution < 1.29 is 9.18 Å². The van der Waals surface area contributed by atoms with Crippen LogP contribution in [-0.2, 0) is 5.54 Å². The van der Waals surface area contributed by atoms with Gasteiger partial charge in [-0.1, -0.05) is 42.5 Å². The van der Waals surface area contributed by atoms with E-state index in [2.05, 4.69) is 15.3 Å². The summed E-state index contributed by atoms with van der Waals surface area (Å²) in [5.41, 5.74) is 7.22. The summed E-state index contributed by atoms with van der Waals surface area (Å²) in [7, 11) is 0. The first-order valence-corrected chi connectivity index (χ1v) is 9.55. The van der Waals surface area contributed by atoms with Crippen molar-refractivity contribution in [2.45, 2.75) is 19.4 Å². The fraction of sp³-hybridized carbons (Fsp3) is 0.125. The summed E-state index contributed by atoms with van der Waals surface area (Å²) in [6.07, 6.45) is 0. The second kappa shape index (κ2) is 7.55. The Morgan fingerprint density at radius 2 is 1.67 bits per heavy atom. The number of benzene rings is 3. The van der Waals surface area contributed by atoms with Gasteiger partial charge in [0.2, 0.25) is 0 Å². The number of para-hydroxylation sites is 1. The maximum Gasteiger partial charge on any atom is 0.251 e. The van der Waals surface area contributed by atoms with E-state index in [1.54, 1.807) is 50.2 Å². The number of hydrogen-bond donors (Lipinski definition) is 2. The van der Waals surface area contributed by atoms with Crippen LogP contribution in [0.5, 0.6) is 0 Å². The van der Waals surface area contributed by atoms with E-state index in [1.165, 1.54) is 6.07 Å². The lowest BCUT2D eigenvalue weighted by atomic mass is 9.92. The van der Waals surface area contributed by atoms with Crippen LogP contribution >= 0.6 is 0 Å². The zero-order valence-corrected chi connectivity index (χ0v) is 16.7. The normalized spacial score (nSPS) is 11.4. The number of amides is 1. The van der Waals surface area contributed by atoms with Gasteiger partial charge in [0, 0.05) is 22.1 Å². The van der Waals surface area contributed by atoms with Crippen LogP contribution in [0.1, 0.15) is 29.8 Å². The molecule has 4 aromatic rings. The van der Waals surface area contributed by atoms with Crippen molar-refractivity contribution >= 4 is 22.6 Å². The standard InChI is InChI=1S/C24H21FN4O/c1-24(2,29-23(30)15-8-4-3-5-9-15)18-13-12-16(14-19(18)25)22-27-20-11-7-6-10-17(20)21(26)28-22/h3-14H,1-2H3,(H,29,30)(H2,26,27,28). The lowest BCUT2D eigenvalue weighted by molar-refractivity contribution is 0.0911. The van der Waals surface area contributed by atoms with E-state index in [0.29, 0.717) is 33.8 Å². The predicted molar refractivity (Wildman–Crippen MR) is 116 cm³/mol. The maximum absolute atomic E-state index is 15.1. The Morgan fingerprint density at radius 3 is 2.40 bits per heavy atom. The van der Waals surface area contributed by atoms with E-state index in [1.807, 2.05) is 30.3 Å². The third-order valence-electron chi connectivity index (χ3n) is 5.00. The van der Waals surface area contributed by atoms with Gasteiger partial charge in [0.15, 0.2) is 5.82 Å². The summed E-state index contributed by atoms with van der Waals surface area (Å²) in [6.45, 7) is 3.52. The fourth-order valence-corrected chi connectivity index (χ4v) is 3.40. The van der Waals surface area contributed by atoms with Gasteiger partial charge >= 0.3 is 0 Å². The number of aromatic nitrogens is 2. The van der Waals surface area contributed by atoms with Crippen LogP contribution in [0.25, 0.3) is 22.3 Å². The minimum absolute atomic E-state index is 0.269. The lowest BCUT2D eigenvalue weighted by Crippen LogP contribution is -2.41. The number of nitrogens with one attached hydrogen (secondary N) is 1. The van der Waals surface area contributed by atoms with Gasteiger partial charge in [-0.05, 0) is 44.2 Å². The number of carbonyl (C=O) groups is 1. The van der Waals surface area contributed by atoms with Crippen LogP contribution in [0.15, 0.2) is 72.8 Å². The molecule has 6 heteroatoms. The summed E-state index contributed by atoms with van der Waals surface area (Å²) in [6, 6.07) is 21.0. The van der Waals surface area contributed by atoms with Gasteiger partial charge in [-0.15, -0.1) is 0 Å². The highest BCUT2D eigenvalue weighted by atomic mass is 19.1. The molecule has 0 fully saturated rings. The van der Waals surface area contributed by atoms with Crippen molar-refractivity contribution in [2.24, 2.45) is 0 Å². The van der Waals surface area contributed by atoms with Crippen LogP contribution in [0.2, 0.25) is 0 Å². The first-order valence-electron chi connectivity index (χ1n) is 9.55. The molecule has 0 saturated heterocycles. The summed E-state index contributed by atoms with van der Waals surface area (Å²) >= 11 is 0. The van der Waals surface area contributed by atoms with Crippen LogP contribution in [-0.4, -0.2) is 15.9 Å². The first-order chi connectivity index (χ1) is 14.3. The number of nitrogens with zero attached hydrogens (tertiary/aromatic N) is 2. The number of anilines is 1. The molecule has 0 aliphatic rings. The molecule has 1 amide bonds. The van der Waals surface area contributed by atoms with Gasteiger partial charge < -0.3 is 11.1 Å². The molecule has 1 heterocycles. The Bertz CT molecular complexity index is 1240. The van der Waals surface area contributed by atoms with Crippen molar-refractivity contribution in [2.75, 3.05) is 5.73 Å². The van der Waals surface area contributed by atoms with Gasteiger partial charge in [-0.25, -0.2) is 14.4 Å². The van der Waals surface area contributed by atoms with E-state index >= 15 is 4.39 Å². The van der Waals surface area contributed by atoms with Crippen molar-refractivity contribution in [3.63, 3.8) is 0 Å².